The lowest BCUT2D eigenvalue weighted by Crippen LogP contribution is -2.41. The SMILES string of the molecule is CNC(=O)NC(=O)[C@H](C)Sc1c(C)cc(C)cc1C. The van der Waals surface area contributed by atoms with Crippen molar-refractivity contribution in [2.24, 2.45) is 0 Å². The molecule has 0 heterocycles. The zero-order valence-corrected chi connectivity index (χ0v) is 12.8. The molecule has 0 aromatic heterocycles. The highest BCUT2D eigenvalue weighted by Gasteiger charge is 2.18. The molecule has 0 unspecified atom stereocenters. The average molecular weight is 280 g/mol. The highest BCUT2D eigenvalue weighted by atomic mass is 32.2. The number of nitrogens with one attached hydrogen (secondary N) is 2. The Balaban J connectivity index is 2.80. The molecule has 0 aliphatic rings. The number of hydrogen-bond acceptors (Lipinski definition) is 3. The Hall–Kier alpha value is -1.49. The third-order valence-electron chi connectivity index (χ3n) is 2.73. The zero-order chi connectivity index (χ0) is 14.6. The summed E-state index contributed by atoms with van der Waals surface area (Å²) in [7, 11) is 1.48. The molecule has 104 valence electrons. The fraction of sp³-hybridized carbons (Fsp3) is 0.429. The molecule has 1 atom stereocenters. The second-order valence-corrected chi connectivity index (χ2v) is 5.91. The Kier molecular flexibility index (Phi) is 5.42. The molecule has 0 aliphatic heterocycles. The van der Waals surface area contributed by atoms with Crippen molar-refractivity contribution < 1.29 is 9.59 Å². The first-order valence-corrected chi connectivity index (χ1v) is 7.00. The normalized spacial score (nSPS) is 11.8. The van der Waals surface area contributed by atoms with Crippen LogP contribution in [0.5, 0.6) is 0 Å². The van der Waals surface area contributed by atoms with Gasteiger partial charge in [0.1, 0.15) is 0 Å². The third-order valence-corrected chi connectivity index (χ3v) is 4.18. The van der Waals surface area contributed by atoms with E-state index >= 15 is 0 Å². The van der Waals surface area contributed by atoms with Gasteiger partial charge in [0.15, 0.2) is 0 Å². The van der Waals surface area contributed by atoms with Crippen LogP contribution in [0.25, 0.3) is 0 Å². The molecule has 0 spiro atoms. The van der Waals surface area contributed by atoms with E-state index in [-0.39, 0.29) is 11.2 Å². The summed E-state index contributed by atoms with van der Waals surface area (Å²) in [5.74, 6) is -0.288. The monoisotopic (exact) mass is 280 g/mol. The third kappa shape index (κ3) is 4.28. The lowest BCUT2D eigenvalue weighted by atomic mass is 10.1. The number of imide groups is 1. The maximum atomic E-state index is 11.8. The van der Waals surface area contributed by atoms with Crippen molar-refractivity contribution in [3.8, 4) is 0 Å². The first-order valence-electron chi connectivity index (χ1n) is 6.12. The van der Waals surface area contributed by atoms with Crippen molar-refractivity contribution in [3.05, 3.63) is 28.8 Å². The van der Waals surface area contributed by atoms with Gasteiger partial charge in [0.05, 0.1) is 5.25 Å². The molecule has 0 bridgehead atoms. The molecule has 0 saturated carbocycles. The molecule has 4 nitrogen and oxygen atoms in total. The predicted octanol–water partition coefficient (Wildman–Crippen LogP) is 2.55. The fourth-order valence-corrected chi connectivity index (χ4v) is 2.87. The molecule has 3 amide bonds. The van der Waals surface area contributed by atoms with Crippen LogP contribution >= 0.6 is 11.8 Å². The maximum absolute atomic E-state index is 11.8. The first-order chi connectivity index (χ1) is 8.85. The highest BCUT2D eigenvalue weighted by molar-refractivity contribution is 8.00. The van der Waals surface area contributed by atoms with E-state index in [0.717, 1.165) is 16.0 Å². The van der Waals surface area contributed by atoms with Gasteiger partial charge in [0.25, 0.3) is 0 Å². The van der Waals surface area contributed by atoms with Crippen LogP contribution in [0, 0.1) is 20.8 Å². The lowest BCUT2D eigenvalue weighted by Gasteiger charge is -2.15. The van der Waals surface area contributed by atoms with E-state index in [2.05, 4.69) is 29.7 Å². The molecule has 0 radical (unpaired) electrons. The summed E-state index contributed by atoms with van der Waals surface area (Å²) in [4.78, 5) is 24.0. The van der Waals surface area contributed by atoms with E-state index in [4.69, 9.17) is 0 Å². The van der Waals surface area contributed by atoms with E-state index in [9.17, 15) is 9.59 Å². The molecule has 0 fully saturated rings. The summed E-state index contributed by atoms with van der Waals surface area (Å²) in [6.07, 6.45) is 0. The van der Waals surface area contributed by atoms with Gasteiger partial charge in [-0.3, -0.25) is 10.1 Å². The summed E-state index contributed by atoms with van der Waals surface area (Å²) < 4.78 is 0. The molecular formula is C14H20N2O2S. The van der Waals surface area contributed by atoms with Crippen LogP contribution in [0.4, 0.5) is 4.79 Å². The van der Waals surface area contributed by atoms with Crippen LogP contribution in [0.3, 0.4) is 0 Å². The maximum Gasteiger partial charge on any atom is 0.321 e. The molecule has 1 aromatic rings. The van der Waals surface area contributed by atoms with Crippen LogP contribution < -0.4 is 10.6 Å². The van der Waals surface area contributed by atoms with Gasteiger partial charge in [0.2, 0.25) is 5.91 Å². The fourth-order valence-electron chi connectivity index (χ4n) is 1.86. The van der Waals surface area contributed by atoms with Crippen LogP contribution in [-0.4, -0.2) is 24.2 Å². The molecule has 1 aromatic carbocycles. The highest BCUT2D eigenvalue weighted by Crippen LogP contribution is 2.30. The minimum atomic E-state index is -0.477. The summed E-state index contributed by atoms with van der Waals surface area (Å²) in [5, 5.41) is 4.33. The van der Waals surface area contributed by atoms with E-state index in [0.29, 0.717) is 0 Å². The Labute approximate surface area is 118 Å². The van der Waals surface area contributed by atoms with Gasteiger partial charge < -0.3 is 5.32 Å². The largest absolute Gasteiger partial charge is 0.341 e. The van der Waals surface area contributed by atoms with Crippen molar-refractivity contribution in [2.45, 2.75) is 37.8 Å². The quantitative estimate of drug-likeness (QED) is 0.837. The number of amides is 3. The molecular weight excluding hydrogens is 260 g/mol. The molecule has 2 N–H and O–H groups in total. The van der Waals surface area contributed by atoms with Gasteiger partial charge in [-0.2, -0.15) is 0 Å². The second-order valence-electron chi connectivity index (χ2n) is 4.56. The number of carbonyl (C=O) groups excluding carboxylic acids is 2. The van der Waals surface area contributed by atoms with Crippen molar-refractivity contribution in [3.63, 3.8) is 0 Å². The summed E-state index contributed by atoms with van der Waals surface area (Å²) in [5.41, 5.74) is 3.52. The van der Waals surface area contributed by atoms with Gasteiger partial charge in [-0.1, -0.05) is 17.7 Å². The number of urea groups is 1. The Morgan fingerprint density at radius 1 is 1.16 bits per heavy atom. The predicted molar refractivity (Wildman–Crippen MR) is 78.6 cm³/mol. The Morgan fingerprint density at radius 2 is 1.68 bits per heavy atom. The smallest absolute Gasteiger partial charge is 0.321 e. The van der Waals surface area contributed by atoms with Crippen LogP contribution in [0.2, 0.25) is 0 Å². The number of thioether (sulfide) groups is 1. The first kappa shape index (κ1) is 15.6. The summed E-state index contributed by atoms with van der Waals surface area (Å²) >= 11 is 1.47. The second kappa shape index (κ2) is 6.61. The van der Waals surface area contributed by atoms with E-state index in [1.54, 1.807) is 6.92 Å². The minimum Gasteiger partial charge on any atom is -0.341 e. The van der Waals surface area contributed by atoms with Crippen molar-refractivity contribution in [2.75, 3.05) is 7.05 Å². The van der Waals surface area contributed by atoms with Gasteiger partial charge in [0, 0.05) is 11.9 Å². The molecule has 1 rings (SSSR count). The minimum absolute atomic E-state index is 0.288. The molecule has 19 heavy (non-hydrogen) atoms. The topological polar surface area (TPSA) is 58.2 Å². The molecule has 0 aliphatic carbocycles. The van der Waals surface area contributed by atoms with Crippen molar-refractivity contribution in [1.29, 1.82) is 0 Å². The van der Waals surface area contributed by atoms with Crippen LogP contribution in [-0.2, 0) is 4.79 Å². The van der Waals surface area contributed by atoms with Crippen LogP contribution in [0.1, 0.15) is 23.6 Å². The van der Waals surface area contributed by atoms with Crippen molar-refractivity contribution >= 4 is 23.7 Å². The zero-order valence-electron chi connectivity index (χ0n) is 12.0. The van der Waals surface area contributed by atoms with Gasteiger partial charge in [-0.15, -0.1) is 11.8 Å². The average Bonchev–Trinajstić information content (AvgIpc) is 2.32. The summed E-state index contributed by atoms with van der Waals surface area (Å²) in [6.45, 7) is 7.91. The van der Waals surface area contributed by atoms with Gasteiger partial charge in [-0.25, -0.2) is 4.79 Å². The van der Waals surface area contributed by atoms with Crippen molar-refractivity contribution in [1.82, 2.24) is 10.6 Å². The van der Waals surface area contributed by atoms with E-state index in [1.807, 2.05) is 13.8 Å². The number of benzene rings is 1. The standard InChI is InChI=1S/C14H20N2O2S/c1-8-6-9(2)12(10(3)7-8)19-11(4)13(17)16-14(18)15-5/h6-7,11H,1-5H3,(H2,15,16,17,18)/t11-/m0/s1. The van der Waals surface area contributed by atoms with Crippen LogP contribution in [0.15, 0.2) is 17.0 Å². The summed E-state index contributed by atoms with van der Waals surface area (Å²) in [6, 6.07) is 3.71. The van der Waals surface area contributed by atoms with E-state index in [1.165, 1.54) is 24.4 Å². The van der Waals surface area contributed by atoms with Gasteiger partial charge >= 0.3 is 6.03 Å². The van der Waals surface area contributed by atoms with E-state index < -0.39 is 6.03 Å². The Bertz CT molecular complexity index is 477. The Morgan fingerprint density at radius 3 is 2.16 bits per heavy atom. The number of carbonyl (C=O) groups is 2. The number of hydrogen-bond donors (Lipinski definition) is 2. The molecule has 5 heteroatoms. The number of rotatable bonds is 3. The lowest BCUT2D eigenvalue weighted by molar-refractivity contribution is -0.119. The van der Waals surface area contributed by atoms with Gasteiger partial charge in [-0.05, 0) is 38.8 Å². The molecule has 0 saturated heterocycles. The number of aryl methyl sites for hydroxylation is 3.